The molecule has 0 rings (SSSR count). The van der Waals surface area contributed by atoms with Crippen molar-refractivity contribution < 1.29 is 19.7 Å². The SMILES string of the molecule is CCCCCCCCCC(O)CCOC(C)C(=O)O. The van der Waals surface area contributed by atoms with Crippen molar-refractivity contribution in [3.8, 4) is 0 Å². The van der Waals surface area contributed by atoms with Gasteiger partial charge in [-0.25, -0.2) is 4.79 Å². The first-order valence-corrected chi connectivity index (χ1v) is 7.60. The molecule has 2 unspecified atom stereocenters. The smallest absolute Gasteiger partial charge is 0.332 e. The summed E-state index contributed by atoms with van der Waals surface area (Å²) in [6.45, 7) is 4.03. The molecule has 0 aliphatic rings. The summed E-state index contributed by atoms with van der Waals surface area (Å²) < 4.78 is 5.09. The van der Waals surface area contributed by atoms with Crippen LogP contribution in [0.5, 0.6) is 0 Å². The minimum Gasteiger partial charge on any atom is -0.479 e. The number of carboxylic acids is 1. The lowest BCUT2D eigenvalue weighted by molar-refractivity contribution is -0.149. The van der Waals surface area contributed by atoms with E-state index in [1.165, 1.54) is 45.4 Å². The van der Waals surface area contributed by atoms with Gasteiger partial charge in [-0.1, -0.05) is 51.9 Å². The monoisotopic (exact) mass is 274 g/mol. The second kappa shape index (κ2) is 12.4. The third-order valence-corrected chi connectivity index (χ3v) is 3.31. The number of carbonyl (C=O) groups is 1. The van der Waals surface area contributed by atoms with Crippen LogP contribution >= 0.6 is 0 Å². The van der Waals surface area contributed by atoms with Crippen molar-refractivity contribution in [2.24, 2.45) is 0 Å². The first-order chi connectivity index (χ1) is 9.07. The Morgan fingerprint density at radius 3 is 2.21 bits per heavy atom. The molecular formula is C15H30O4. The summed E-state index contributed by atoms with van der Waals surface area (Å²) in [4.78, 5) is 10.5. The van der Waals surface area contributed by atoms with E-state index in [2.05, 4.69) is 6.92 Å². The van der Waals surface area contributed by atoms with Crippen LogP contribution in [0.3, 0.4) is 0 Å². The van der Waals surface area contributed by atoms with Crippen molar-refractivity contribution in [2.75, 3.05) is 6.61 Å². The van der Waals surface area contributed by atoms with Gasteiger partial charge in [-0.05, 0) is 19.8 Å². The molecule has 4 nitrogen and oxygen atoms in total. The number of ether oxygens (including phenoxy) is 1. The summed E-state index contributed by atoms with van der Waals surface area (Å²) in [5, 5.41) is 18.3. The number of aliphatic hydroxyl groups is 1. The maximum absolute atomic E-state index is 10.5. The Morgan fingerprint density at radius 1 is 1.05 bits per heavy atom. The molecular weight excluding hydrogens is 244 g/mol. The van der Waals surface area contributed by atoms with Crippen molar-refractivity contribution in [3.05, 3.63) is 0 Å². The van der Waals surface area contributed by atoms with Gasteiger partial charge in [0.25, 0.3) is 0 Å². The lowest BCUT2D eigenvalue weighted by Crippen LogP contribution is -2.22. The highest BCUT2D eigenvalue weighted by atomic mass is 16.5. The van der Waals surface area contributed by atoms with E-state index in [9.17, 15) is 9.90 Å². The summed E-state index contributed by atoms with van der Waals surface area (Å²) in [6, 6.07) is 0. The van der Waals surface area contributed by atoms with Crippen LogP contribution < -0.4 is 0 Å². The number of aliphatic carboxylic acids is 1. The normalized spacial score (nSPS) is 14.3. The fourth-order valence-corrected chi connectivity index (χ4v) is 1.93. The van der Waals surface area contributed by atoms with E-state index in [-0.39, 0.29) is 6.10 Å². The van der Waals surface area contributed by atoms with E-state index in [1.54, 1.807) is 0 Å². The molecule has 0 radical (unpaired) electrons. The average Bonchev–Trinajstić information content (AvgIpc) is 2.37. The lowest BCUT2D eigenvalue weighted by atomic mass is 10.1. The Kier molecular flexibility index (Phi) is 12.0. The van der Waals surface area contributed by atoms with Crippen LogP contribution in [0.15, 0.2) is 0 Å². The molecule has 2 N–H and O–H groups in total. The van der Waals surface area contributed by atoms with Gasteiger partial charge in [0.2, 0.25) is 0 Å². The first-order valence-electron chi connectivity index (χ1n) is 7.60. The van der Waals surface area contributed by atoms with Gasteiger partial charge < -0.3 is 14.9 Å². The average molecular weight is 274 g/mol. The molecule has 0 spiro atoms. The fourth-order valence-electron chi connectivity index (χ4n) is 1.93. The lowest BCUT2D eigenvalue weighted by Gasteiger charge is -2.12. The van der Waals surface area contributed by atoms with Crippen LogP contribution in [0, 0.1) is 0 Å². The maximum atomic E-state index is 10.5. The third kappa shape index (κ3) is 12.2. The van der Waals surface area contributed by atoms with Crippen LogP contribution in [0.1, 0.15) is 71.6 Å². The number of unbranched alkanes of at least 4 members (excludes halogenated alkanes) is 6. The molecule has 4 heteroatoms. The van der Waals surface area contributed by atoms with Crippen molar-refractivity contribution in [2.45, 2.75) is 83.8 Å². The zero-order valence-corrected chi connectivity index (χ0v) is 12.4. The van der Waals surface area contributed by atoms with E-state index in [1.807, 2.05) is 0 Å². The topological polar surface area (TPSA) is 66.8 Å². The van der Waals surface area contributed by atoms with Crippen molar-refractivity contribution in [1.29, 1.82) is 0 Å². The minimum atomic E-state index is -0.957. The van der Waals surface area contributed by atoms with Crippen molar-refractivity contribution in [1.82, 2.24) is 0 Å². The molecule has 0 aromatic carbocycles. The Balaban J connectivity index is 3.30. The Labute approximate surface area is 117 Å². The number of rotatable bonds is 13. The second-order valence-corrected chi connectivity index (χ2v) is 5.20. The summed E-state index contributed by atoms with van der Waals surface area (Å²) in [5.74, 6) is -0.957. The summed E-state index contributed by atoms with van der Waals surface area (Å²) in [7, 11) is 0. The second-order valence-electron chi connectivity index (χ2n) is 5.20. The van der Waals surface area contributed by atoms with E-state index in [4.69, 9.17) is 9.84 Å². The molecule has 0 fully saturated rings. The highest BCUT2D eigenvalue weighted by Crippen LogP contribution is 2.11. The van der Waals surface area contributed by atoms with Gasteiger partial charge >= 0.3 is 5.97 Å². The molecule has 0 aliphatic carbocycles. The molecule has 0 saturated carbocycles. The number of carboxylic acid groups (broad SMARTS) is 1. The molecule has 0 heterocycles. The Morgan fingerprint density at radius 2 is 1.63 bits per heavy atom. The van der Waals surface area contributed by atoms with Gasteiger partial charge in [-0.2, -0.15) is 0 Å². The highest BCUT2D eigenvalue weighted by molar-refractivity contribution is 5.71. The molecule has 0 aromatic rings. The van der Waals surface area contributed by atoms with Crippen molar-refractivity contribution >= 4 is 5.97 Å². The molecule has 0 saturated heterocycles. The largest absolute Gasteiger partial charge is 0.479 e. The summed E-state index contributed by atoms with van der Waals surface area (Å²) in [6.07, 6.45) is 8.83. The molecule has 0 amide bonds. The van der Waals surface area contributed by atoms with E-state index in [0.29, 0.717) is 13.0 Å². The standard InChI is InChI=1S/C15H30O4/c1-3-4-5-6-7-8-9-10-14(16)11-12-19-13(2)15(17)18/h13-14,16H,3-12H2,1-2H3,(H,17,18). The van der Waals surface area contributed by atoms with Gasteiger partial charge in [0.05, 0.1) is 12.7 Å². The van der Waals surface area contributed by atoms with Crippen LogP contribution in [-0.4, -0.2) is 35.0 Å². The molecule has 114 valence electrons. The zero-order chi connectivity index (χ0) is 14.5. The van der Waals surface area contributed by atoms with E-state index in [0.717, 1.165) is 12.8 Å². The molecule has 2 atom stereocenters. The van der Waals surface area contributed by atoms with Crippen molar-refractivity contribution in [3.63, 3.8) is 0 Å². The van der Waals surface area contributed by atoms with Crippen LogP contribution in [0.25, 0.3) is 0 Å². The summed E-state index contributed by atoms with van der Waals surface area (Å²) in [5.41, 5.74) is 0. The predicted molar refractivity (Wildman–Crippen MR) is 76.3 cm³/mol. The number of hydrogen-bond donors (Lipinski definition) is 2. The number of aliphatic hydroxyl groups excluding tert-OH is 1. The molecule has 0 bridgehead atoms. The first kappa shape index (κ1) is 18.4. The van der Waals surface area contributed by atoms with Gasteiger partial charge in [-0.15, -0.1) is 0 Å². The Hall–Kier alpha value is -0.610. The minimum absolute atomic E-state index is 0.311. The zero-order valence-electron chi connectivity index (χ0n) is 12.4. The quantitative estimate of drug-likeness (QED) is 0.505. The molecule has 0 aliphatic heterocycles. The maximum Gasteiger partial charge on any atom is 0.332 e. The van der Waals surface area contributed by atoms with E-state index >= 15 is 0 Å². The van der Waals surface area contributed by atoms with Crippen LogP contribution in [0.2, 0.25) is 0 Å². The fraction of sp³-hybridized carbons (Fsp3) is 0.933. The van der Waals surface area contributed by atoms with Gasteiger partial charge in [0.1, 0.15) is 0 Å². The van der Waals surface area contributed by atoms with E-state index < -0.39 is 12.1 Å². The molecule has 0 aromatic heterocycles. The van der Waals surface area contributed by atoms with Crippen LogP contribution in [-0.2, 0) is 9.53 Å². The number of hydrogen-bond acceptors (Lipinski definition) is 3. The van der Waals surface area contributed by atoms with Crippen LogP contribution in [0.4, 0.5) is 0 Å². The van der Waals surface area contributed by atoms with Gasteiger partial charge in [-0.3, -0.25) is 0 Å². The summed E-state index contributed by atoms with van der Waals surface area (Å²) >= 11 is 0. The van der Waals surface area contributed by atoms with Gasteiger partial charge in [0, 0.05) is 0 Å². The predicted octanol–water partition coefficient (Wildman–Crippen LogP) is 3.37. The highest BCUT2D eigenvalue weighted by Gasteiger charge is 2.11. The molecule has 19 heavy (non-hydrogen) atoms. The Bertz CT molecular complexity index is 218. The van der Waals surface area contributed by atoms with Gasteiger partial charge in [0.15, 0.2) is 6.10 Å². The third-order valence-electron chi connectivity index (χ3n) is 3.31.